The van der Waals surface area contributed by atoms with Crippen molar-refractivity contribution < 1.29 is 4.79 Å². The summed E-state index contributed by atoms with van der Waals surface area (Å²) in [6.45, 7) is 0. The van der Waals surface area contributed by atoms with Crippen LogP contribution in [0.1, 0.15) is 5.56 Å². The quantitative estimate of drug-likeness (QED) is 0.473. The van der Waals surface area contributed by atoms with E-state index in [1.807, 2.05) is 71.4 Å². The second-order valence-electron chi connectivity index (χ2n) is 6.22. The fourth-order valence-electron chi connectivity index (χ4n) is 2.90. The number of thiazole rings is 2. The number of carbonyl (C=O) groups excluding carboxylic acids is 1. The fraction of sp³-hybridized carbons (Fsp3) is 0. The third kappa shape index (κ3) is 3.51. The van der Waals surface area contributed by atoms with Gasteiger partial charge in [0.05, 0.1) is 5.69 Å². The number of carbonyl (C=O) groups is 1. The number of hydrazone groups is 2. The van der Waals surface area contributed by atoms with Gasteiger partial charge in [-0.15, -0.1) is 22.7 Å². The van der Waals surface area contributed by atoms with Gasteiger partial charge in [-0.25, -0.2) is 9.97 Å². The van der Waals surface area contributed by atoms with Crippen LogP contribution in [0.4, 0.5) is 10.3 Å². The third-order valence-electron chi connectivity index (χ3n) is 4.30. The number of amides is 1. The van der Waals surface area contributed by atoms with Gasteiger partial charge in [-0.2, -0.15) is 15.2 Å². The van der Waals surface area contributed by atoms with Gasteiger partial charge in [-0.1, -0.05) is 60.7 Å². The molecule has 0 unspecified atom stereocenters. The summed E-state index contributed by atoms with van der Waals surface area (Å²) in [7, 11) is 0. The molecule has 1 aliphatic rings. The van der Waals surface area contributed by atoms with Gasteiger partial charge in [-0.05, 0) is 0 Å². The van der Waals surface area contributed by atoms with Crippen molar-refractivity contribution in [1.82, 2.24) is 9.97 Å². The Hall–Kier alpha value is -3.69. The lowest BCUT2D eigenvalue weighted by Gasteiger charge is -2.06. The molecule has 1 amide bonds. The zero-order valence-electron chi connectivity index (χ0n) is 15.5. The van der Waals surface area contributed by atoms with E-state index < -0.39 is 0 Å². The molecule has 2 aromatic heterocycles. The van der Waals surface area contributed by atoms with Crippen LogP contribution in [0.2, 0.25) is 0 Å². The molecule has 9 heteroatoms. The Kier molecular flexibility index (Phi) is 4.88. The first-order valence-corrected chi connectivity index (χ1v) is 10.8. The lowest BCUT2D eigenvalue weighted by Crippen LogP contribution is -2.28. The van der Waals surface area contributed by atoms with Gasteiger partial charge in [0.15, 0.2) is 5.71 Å². The van der Waals surface area contributed by atoms with E-state index in [2.05, 4.69) is 25.6 Å². The minimum absolute atomic E-state index is 0.216. The summed E-state index contributed by atoms with van der Waals surface area (Å²) in [4.78, 5) is 21.9. The van der Waals surface area contributed by atoms with Crippen molar-refractivity contribution in [2.75, 3.05) is 10.4 Å². The van der Waals surface area contributed by atoms with E-state index in [-0.39, 0.29) is 11.6 Å². The molecule has 0 saturated carbocycles. The smallest absolute Gasteiger partial charge is 0.265 e. The number of aromatic nitrogens is 2. The van der Waals surface area contributed by atoms with Crippen LogP contribution < -0.4 is 10.4 Å². The number of nitrogens with one attached hydrogen (secondary N) is 1. The Morgan fingerprint density at radius 2 is 1.67 bits per heavy atom. The van der Waals surface area contributed by atoms with Gasteiger partial charge in [0, 0.05) is 28.1 Å². The minimum atomic E-state index is -0.341. The first-order chi connectivity index (χ1) is 14.8. The summed E-state index contributed by atoms with van der Waals surface area (Å²) in [6, 6.07) is 19.3. The van der Waals surface area contributed by atoms with Crippen molar-refractivity contribution in [3.05, 3.63) is 83.2 Å². The Morgan fingerprint density at radius 1 is 0.933 bits per heavy atom. The molecule has 5 rings (SSSR count). The molecular weight excluding hydrogens is 416 g/mol. The van der Waals surface area contributed by atoms with E-state index in [1.54, 1.807) is 6.20 Å². The van der Waals surface area contributed by atoms with Crippen molar-refractivity contribution in [3.8, 4) is 11.3 Å². The van der Waals surface area contributed by atoms with E-state index >= 15 is 0 Å². The van der Waals surface area contributed by atoms with E-state index in [4.69, 9.17) is 0 Å². The molecule has 0 aliphatic carbocycles. The maximum absolute atomic E-state index is 13.2. The Morgan fingerprint density at radius 3 is 2.37 bits per heavy atom. The Labute approximate surface area is 180 Å². The molecule has 1 aliphatic heterocycles. The molecule has 7 nitrogen and oxygen atoms in total. The third-order valence-corrected chi connectivity index (χ3v) is 5.80. The lowest BCUT2D eigenvalue weighted by atomic mass is 10.1. The van der Waals surface area contributed by atoms with Gasteiger partial charge in [0.25, 0.3) is 0 Å². The van der Waals surface area contributed by atoms with Gasteiger partial charge < -0.3 is 0 Å². The summed E-state index contributed by atoms with van der Waals surface area (Å²) in [5.74, 6) is -0.341. The number of benzene rings is 2. The molecule has 0 atom stereocenters. The van der Waals surface area contributed by atoms with Crippen LogP contribution in [0.3, 0.4) is 0 Å². The van der Waals surface area contributed by atoms with Crippen molar-refractivity contribution in [3.63, 3.8) is 0 Å². The maximum atomic E-state index is 13.2. The number of anilines is 2. The predicted octanol–water partition coefficient (Wildman–Crippen LogP) is 4.49. The van der Waals surface area contributed by atoms with Crippen LogP contribution >= 0.6 is 22.7 Å². The number of hydrogen-bond donors (Lipinski definition) is 1. The number of nitrogens with zero attached hydrogens (tertiary/aromatic N) is 5. The standard InChI is InChI=1S/C21H14N6OS2/c28-19-18(24-25-20-22-11-12-29-20)17(15-9-5-2-6-10-15)26-27(19)21-23-16(13-30-21)14-7-3-1-4-8-14/h1-13H,(H,22,25). The first-order valence-electron chi connectivity index (χ1n) is 9.02. The van der Waals surface area contributed by atoms with Crippen molar-refractivity contribution in [2.45, 2.75) is 0 Å². The average Bonchev–Trinajstić information content (AvgIpc) is 3.54. The van der Waals surface area contributed by atoms with Gasteiger partial charge >= 0.3 is 5.91 Å². The molecule has 30 heavy (non-hydrogen) atoms. The topological polar surface area (TPSA) is 82.8 Å². The fourth-order valence-corrected chi connectivity index (χ4v) is 4.15. The monoisotopic (exact) mass is 430 g/mol. The molecule has 0 saturated heterocycles. The lowest BCUT2D eigenvalue weighted by molar-refractivity contribution is -0.112. The number of hydrogen-bond acceptors (Lipinski definition) is 8. The molecule has 3 heterocycles. The molecule has 0 fully saturated rings. The maximum Gasteiger partial charge on any atom is 0.303 e. The highest BCUT2D eigenvalue weighted by Gasteiger charge is 2.35. The molecule has 0 radical (unpaired) electrons. The summed E-state index contributed by atoms with van der Waals surface area (Å²) < 4.78 is 0. The van der Waals surface area contributed by atoms with Crippen molar-refractivity contribution >= 4 is 50.3 Å². The highest BCUT2D eigenvalue weighted by Crippen LogP contribution is 2.30. The molecule has 4 aromatic rings. The van der Waals surface area contributed by atoms with Crippen LogP contribution in [0.25, 0.3) is 11.3 Å². The Bertz CT molecular complexity index is 1230. The van der Waals surface area contributed by atoms with E-state index in [0.717, 1.165) is 16.8 Å². The molecule has 0 bridgehead atoms. The van der Waals surface area contributed by atoms with E-state index in [1.165, 1.54) is 27.7 Å². The minimum Gasteiger partial charge on any atom is -0.265 e. The summed E-state index contributed by atoms with van der Waals surface area (Å²) in [5.41, 5.74) is 6.13. The molecule has 1 N–H and O–H groups in total. The number of rotatable bonds is 5. The second kappa shape index (κ2) is 7.97. The Balaban J connectivity index is 1.51. The molecule has 0 spiro atoms. The summed E-state index contributed by atoms with van der Waals surface area (Å²) in [5, 5.41) is 15.0. The van der Waals surface area contributed by atoms with E-state index in [0.29, 0.717) is 16.0 Å². The van der Waals surface area contributed by atoms with Crippen LogP contribution in [-0.2, 0) is 4.79 Å². The average molecular weight is 431 g/mol. The van der Waals surface area contributed by atoms with Crippen molar-refractivity contribution in [1.29, 1.82) is 0 Å². The van der Waals surface area contributed by atoms with Gasteiger partial charge in [0.1, 0.15) is 5.71 Å². The molecule has 2 aromatic carbocycles. The zero-order chi connectivity index (χ0) is 20.3. The van der Waals surface area contributed by atoms with Crippen LogP contribution in [-0.4, -0.2) is 27.3 Å². The molecule has 146 valence electrons. The predicted molar refractivity (Wildman–Crippen MR) is 121 cm³/mol. The van der Waals surface area contributed by atoms with E-state index in [9.17, 15) is 4.79 Å². The van der Waals surface area contributed by atoms with Crippen LogP contribution in [0.15, 0.2) is 87.8 Å². The normalized spacial score (nSPS) is 14.9. The van der Waals surface area contributed by atoms with Gasteiger partial charge in [0.2, 0.25) is 10.3 Å². The summed E-state index contributed by atoms with van der Waals surface area (Å²) >= 11 is 2.76. The SMILES string of the molecule is O=C1C(=NNc2nccs2)C(c2ccccc2)=NN1c1nc(-c2ccccc2)cs1. The molecular formula is C21H14N6OS2. The zero-order valence-corrected chi connectivity index (χ0v) is 17.1. The summed E-state index contributed by atoms with van der Waals surface area (Å²) in [6.07, 6.45) is 1.67. The highest BCUT2D eigenvalue weighted by molar-refractivity contribution is 7.14. The van der Waals surface area contributed by atoms with Crippen LogP contribution in [0.5, 0.6) is 0 Å². The second-order valence-corrected chi connectivity index (χ2v) is 7.95. The van der Waals surface area contributed by atoms with Crippen molar-refractivity contribution in [2.24, 2.45) is 10.2 Å². The van der Waals surface area contributed by atoms with Crippen LogP contribution in [0, 0.1) is 0 Å². The highest BCUT2D eigenvalue weighted by atomic mass is 32.1. The largest absolute Gasteiger partial charge is 0.303 e. The first kappa shape index (κ1) is 18.3. The van der Waals surface area contributed by atoms with Gasteiger partial charge in [-0.3, -0.25) is 10.2 Å².